The average molecular weight is 408 g/mol. The van der Waals surface area contributed by atoms with Crippen LogP contribution in [0, 0.1) is 0 Å². The van der Waals surface area contributed by atoms with Crippen molar-refractivity contribution in [2.24, 2.45) is 14.1 Å². The van der Waals surface area contributed by atoms with Crippen LogP contribution in [0.15, 0.2) is 21.7 Å². The lowest BCUT2D eigenvalue weighted by Crippen LogP contribution is -2.38. The van der Waals surface area contributed by atoms with Crippen molar-refractivity contribution in [3.05, 3.63) is 38.7 Å². The van der Waals surface area contributed by atoms with E-state index in [0.29, 0.717) is 26.2 Å². The van der Waals surface area contributed by atoms with E-state index < -0.39 is 11.2 Å². The van der Waals surface area contributed by atoms with E-state index in [2.05, 4.69) is 15.6 Å². The topological polar surface area (TPSA) is 107 Å². The van der Waals surface area contributed by atoms with Crippen molar-refractivity contribution in [3.8, 4) is 0 Å². The SMILES string of the molecule is COCCNCCNC(=O)c1ccc2c(=O)n(C)c(=O)n(C)c2n1.Cl.Cl. The summed E-state index contributed by atoms with van der Waals surface area (Å²) < 4.78 is 7.16. The Morgan fingerprint density at radius 1 is 1.12 bits per heavy atom. The molecule has 0 saturated carbocycles. The molecule has 0 bridgehead atoms. The number of methoxy groups -OCH3 is 1. The maximum absolute atomic E-state index is 12.1. The first-order valence-corrected chi connectivity index (χ1v) is 7.52. The van der Waals surface area contributed by atoms with Crippen molar-refractivity contribution in [1.82, 2.24) is 24.8 Å². The van der Waals surface area contributed by atoms with Gasteiger partial charge in [-0.25, -0.2) is 9.78 Å². The quantitative estimate of drug-likeness (QED) is 0.595. The van der Waals surface area contributed by atoms with Gasteiger partial charge in [0.25, 0.3) is 11.5 Å². The standard InChI is InChI=1S/C15H21N5O4.2ClH/c1-19-12-10(14(22)20(2)15(19)23)4-5-11(18-12)13(21)17-7-6-16-8-9-24-3;;/h4-5,16H,6-9H2,1-3H3,(H,17,21);2*1H. The van der Waals surface area contributed by atoms with E-state index in [-0.39, 0.29) is 47.4 Å². The van der Waals surface area contributed by atoms with Gasteiger partial charge in [0.15, 0.2) is 0 Å². The van der Waals surface area contributed by atoms with Gasteiger partial charge in [0, 0.05) is 40.8 Å². The van der Waals surface area contributed by atoms with Gasteiger partial charge in [-0.1, -0.05) is 0 Å². The lowest BCUT2D eigenvalue weighted by atomic mass is 10.2. The van der Waals surface area contributed by atoms with Crippen LogP contribution >= 0.6 is 24.8 Å². The average Bonchev–Trinajstić information content (AvgIpc) is 2.60. The Morgan fingerprint density at radius 2 is 1.81 bits per heavy atom. The van der Waals surface area contributed by atoms with E-state index in [4.69, 9.17) is 4.74 Å². The molecular formula is C15H23Cl2N5O4. The number of fused-ring (bicyclic) bond motifs is 1. The maximum Gasteiger partial charge on any atom is 0.332 e. The summed E-state index contributed by atoms with van der Waals surface area (Å²) in [6.45, 7) is 2.33. The van der Waals surface area contributed by atoms with Gasteiger partial charge >= 0.3 is 5.69 Å². The zero-order chi connectivity index (χ0) is 17.7. The largest absolute Gasteiger partial charge is 0.383 e. The van der Waals surface area contributed by atoms with Crippen molar-refractivity contribution < 1.29 is 9.53 Å². The van der Waals surface area contributed by atoms with Crippen LogP contribution in [0.3, 0.4) is 0 Å². The maximum atomic E-state index is 12.1. The summed E-state index contributed by atoms with van der Waals surface area (Å²) in [5, 5.41) is 6.12. The normalized spacial score (nSPS) is 10.1. The molecule has 0 aliphatic rings. The van der Waals surface area contributed by atoms with Crippen LogP contribution in [0.1, 0.15) is 10.5 Å². The molecule has 0 saturated heterocycles. The molecule has 2 aromatic heterocycles. The fourth-order valence-corrected chi connectivity index (χ4v) is 2.23. The first kappa shape index (κ1) is 24.1. The summed E-state index contributed by atoms with van der Waals surface area (Å²) in [6, 6.07) is 2.98. The number of nitrogens with one attached hydrogen (secondary N) is 2. The van der Waals surface area contributed by atoms with Crippen molar-refractivity contribution in [3.63, 3.8) is 0 Å². The van der Waals surface area contributed by atoms with Crippen LogP contribution in [0.25, 0.3) is 11.0 Å². The zero-order valence-corrected chi connectivity index (χ0v) is 16.4. The number of carbonyl (C=O) groups excluding carboxylic acids is 1. The second-order valence-electron chi connectivity index (χ2n) is 5.27. The highest BCUT2D eigenvalue weighted by Crippen LogP contribution is 2.06. The van der Waals surface area contributed by atoms with E-state index in [0.717, 1.165) is 4.57 Å². The predicted molar refractivity (Wildman–Crippen MR) is 104 cm³/mol. The van der Waals surface area contributed by atoms with E-state index in [9.17, 15) is 14.4 Å². The molecule has 2 heterocycles. The molecule has 0 aromatic carbocycles. The molecule has 0 aliphatic heterocycles. The number of ether oxygens (including phenoxy) is 1. The van der Waals surface area contributed by atoms with Crippen LogP contribution in [-0.4, -0.2) is 53.4 Å². The molecule has 0 aliphatic carbocycles. The van der Waals surface area contributed by atoms with E-state index in [1.54, 1.807) is 7.11 Å². The predicted octanol–water partition coefficient (Wildman–Crippen LogP) is -0.558. The summed E-state index contributed by atoms with van der Waals surface area (Å²) >= 11 is 0. The number of rotatable bonds is 7. The Balaban J connectivity index is 0.00000312. The third-order valence-electron chi connectivity index (χ3n) is 3.60. The van der Waals surface area contributed by atoms with Gasteiger partial charge in [-0.3, -0.25) is 18.7 Å². The van der Waals surface area contributed by atoms with Gasteiger partial charge < -0.3 is 15.4 Å². The van der Waals surface area contributed by atoms with Crippen molar-refractivity contribution in [2.45, 2.75) is 0 Å². The molecule has 0 spiro atoms. The lowest BCUT2D eigenvalue weighted by Gasteiger charge is -2.09. The number of halogens is 2. The smallest absolute Gasteiger partial charge is 0.332 e. The van der Waals surface area contributed by atoms with E-state index >= 15 is 0 Å². The van der Waals surface area contributed by atoms with Gasteiger partial charge in [-0.15, -0.1) is 24.8 Å². The van der Waals surface area contributed by atoms with Crippen molar-refractivity contribution >= 4 is 41.8 Å². The first-order valence-electron chi connectivity index (χ1n) is 7.52. The minimum Gasteiger partial charge on any atom is -0.383 e. The molecule has 11 heteroatoms. The van der Waals surface area contributed by atoms with E-state index in [1.807, 2.05) is 0 Å². The molecule has 2 rings (SSSR count). The minimum atomic E-state index is -0.486. The molecular weight excluding hydrogens is 385 g/mol. The molecule has 2 N–H and O–H groups in total. The number of nitrogens with zero attached hydrogens (tertiary/aromatic N) is 3. The first-order chi connectivity index (χ1) is 11.5. The number of aryl methyl sites for hydroxylation is 1. The lowest BCUT2D eigenvalue weighted by molar-refractivity contribution is 0.0949. The van der Waals surface area contributed by atoms with Crippen LogP contribution in [0.2, 0.25) is 0 Å². The molecule has 0 atom stereocenters. The van der Waals surface area contributed by atoms with Gasteiger partial charge in [0.2, 0.25) is 0 Å². The molecule has 146 valence electrons. The number of pyridine rings is 1. The summed E-state index contributed by atoms with van der Waals surface area (Å²) in [5.74, 6) is -0.362. The monoisotopic (exact) mass is 407 g/mol. The molecule has 1 amide bonds. The third kappa shape index (κ3) is 5.28. The summed E-state index contributed by atoms with van der Waals surface area (Å²) in [6.07, 6.45) is 0. The zero-order valence-electron chi connectivity index (χ0n) is 14.8. The Labute approximate surface area is 162 Å². The van der Waals surface area contributed by atoms with Crippen LogP contribution in [0.5, 0.6) is 0 Å². The molecule has 0 radical (unpaired) electrons. The number of hydrogen-bond acceptors (Lipinski definition) is 6. The van der Waals surface area contributed by atoms with Crippen LogP contribution in [0.4, 0.5) is 0 Å². The van der Waals surface area contributed by atoms with Crippen LogP contribution < -0.4 is 21.9 Å². The highest BCUT2D eigenvalue weighted by molar-refractivity contribution is 5.94. The molecule has 26 heavy (non-hydrogen) atoms. The number of hydrogen-bond donors (Lipinski definition) is 2. The Kier molecular flexibility index (Phi) is 10.1. The van der Waals surface area contributed by atoms with Crippen molar-refractivity contribution in [2.75, 3.05) is 33.4 Å². The summed E-state index contributed by atoms with van der Waals surface area (Å²) in [4.78, 5) is 40.3. The summed E-state index contributed by atoms with van der Waals surface area (Å²) in [7, 11) is 4.54. The molecule has 0 unspecified atom stereocenters. The number of carbonyl (C=O) groups is 1. The third-order valence-corrected chi connectivity index (χ3v) is 3.60. The fraction of sp³-hybridized carbons (Fsp3) is 0.467. The van der Waals surface area contributed by atoms with Gasteiger partial charge in [-0.05, 0) is 12.1 Å². The van der Waals surface area contributed by atoms with E-state index in [1.165, 1.54) is 30.8 Å². The molecule has 9 nitrogen and oxygen atoms in total. The number of amides is 1. The van der Waals surface area contributed by atoms with Crippen molar-refractivity contribution in [1.29, 1.82) is 0 Å². The van der Waals surface area contributed by atoms with Gasteiger partial charge in [-0.2, -0.15) is 0 Å². The molecule has 2 aromatic rings. The Hall–Kier alpha value is -1.94. The highest BCUT2D eigenvalue weighted by atomic mass is 35.5. The fourth-order valence-electron chi connectivity index (χ4n) is 2.23. The highest BCUT2D eigenvalue weighted by Gasteiger charge is 2.13. The Morgan fingerprint density at radius 3 is 2.46 bits per heavy atom. The Bertz CT molecular complexity index is 865. The van der Waals surface area contributed by atoms with Crippen LogP contribution in [-0.2, 0) is 18.8 Å². The number of aromatic nitrogens is 3. The minimum absolute atomic E-state index is 0. The molecule has 0 fully saturated rings. The van der Waals surface area contributed by atoms with Gasteiger partial charge in [0.1, 0.15) is 11.3 Å². The summed E-state index contributed by atoms with van der Waals surface area (Å²) in [5.41, 5.74) is -0.577. The second-order valence-corrected chi connectivity index (χ2v) is 5.27. The second kappa shape index (κ2) is 10.9. The van der Waals surface area contributed by atoms with Gasteiger partial charge in [0.05, 0.1) is 12.0 Å².